The van der Waals surface area contributed by atoms with Crippen LogP contribution in [0.4, 0.5) is 0 Å². The second kappa shape index (κ2) is 11.2. The minimum atomic E-state index is -0.188. The fourth-order valence-corrected chi connectivity index (χ4v) is 9.84. The van der Waals surface area contributed by atoms with Crippen LogP contribution >= 0.6 is 0 Å². The molecule has 0 N–H and O–H groups in total. The highest BCUT2D eigenvalue weighted by Crippen LogP contribution is 2.58. The summed E-state index contributed by atoms with van der Waals surface area (Å²) in [7, 11) is 0. The van der Waals surface area contributed by atoms with E-state index in [0.717, 1.165) is 0 Å². The molecule has 0 aromatic heterocycles. The first-order valence-electron chi connectivity index (χ1n) is 18.7. The summed E-state index contributed by atoms with van der Waals surface area (Å²) in [6.07, 6.45) is 0. The van der Waals surface area contributed by atoms with Crippen molar-refractivity contribution in [3.8, 4) is 44.5 Å². The largest absolute Gasteiger partial charge is 0.0622 e. The number of fused-ring (bicyclic) bond motifs is 12. The van der Waals surface area contributed by atoms with E-state index < -0.39 is 0 Å². The van der Waals surface area contributed by atoms with Gasteiger partial charge in [-0.25, -0.2) is 0 Å². The fourth-order valence-electron chi connectivity index (χ4n) is 9.84. The molecule has 0 heterocycles. The average molecular weight is 673 g/mol. The molecule has 0 heteroatoms. The lowest BCUT2D eigenvalue weighted by molar-refractivity contribution is 0.672. The van der Waals surface area contributed by atoms with Gasteiger partial charge in [0.1, 0.15) is 0 Å². The predicted octanol–water partition coefficient (Wildman–Crippen LogP) is 14.8. The minimum absolute atomic E-state index is 0.188. The monoisotopic (exact) mass is 672 g/mol. The molecule has 0 spiro atoms. The van der Waals surface area contributed by atoms with Gasteiger partial charge in [0, 0.05) is 5.41 Å². The highest BCUT2D eigenvalue weighted by atomic mass is 14.4. The van der Waals surface area contributed by atoms with Crippen LogP contribution in [0.25, 0.3) is 98.4 Å². The van der Waals surface area contributed by atoms with Crippen LogP contribution in [0.2, 0.25) is 0 Å². The lowest BCUT2D eigenvalue weighted by Gasteiger charge is -2.26. The van der Waals surface area contributed by atoms with Crippen molar-refractivity contribution in [3.63, 3.8) is 0 Å². The van der Waals surface area contributed by atoms with Gasteiger partial charge in [-0.15, -0.1) is 0 Å². The van der Waals surface area contributed by atoms with E-state index in [1.165, 1.54) is 109 Å². The molecule has 0 amide bonds. The van der Waals surface area contributed by atoms with Crippen LogP contribution in [0, 0.1) is 0 Å². The predicted molar refractivity (Wildman–Crippen MR) is 228 cm³/mol. The van der Waals surface area contributed by atoms with Gasteiger partial charge < -0.3 is 0 Å². The van der Waals surface area contributed by atoms with Crippen LogP contribution in [0.1, 0.15) is 25.0 Å². The van der Waals surface area contributed by atoms with Crippen molar-refractivity contribution < 1.29 is 0 Å². The number of rotatable bonds is 3. The Labute approximate surface area is 309 Å². The molecular weight excluding hydrogens is 637 g/mol. The molecule has 1 aliphatic rings. The first-order valence-corrected chi connectivity index (χ1v) is 18.7. The third-order valence-electron chi connectivity index (χ3n) is 12.0. The summed E-state index contributed by atoms with van der Waals surface area (Å²) in [5.41, 5.74) is 13.0. The highest BCUT2D eigenvalue weighted by molar-refractivity contribution is 6.26. The Hall–Kier alpha value is -6.50. The average Bonchev–Trinajstić information content (AvgIpc) is 3.46. The maximum Gasteiger partial charge on any atom is 0.0171 e. The second-order valence-corrected chi connectivity index (χ2v) is 15.1. The molecule has 0 fully saturated rings. The Morgan fingerprint density at radius 3 is 1.21 bits per heavy atom. The zero-order valence-corrected chi connectivity index (χ0v) is 29.8. The number of benzene rings is 10. The van der Waals surface area contributed by atoms with Crippen molar-refractivity contribution in [2.24, 2.45) is 0 Å². The lowest BCUT2D eigenvalue weighted by atomic mass is 9.77. The summed E-state index contributed by atoms with van der Waals surface area (Å²) < 4.78 is 0. The highest BCUT2D eigenvalue weighted by Gasteiger charge is 2.40. The van der Waals surface area contributed by atoms with Gasteiger partial charge in [0.15, 0.2) is 0 Å². The van der Waals surface area contributed by atoms with Gasteiger partial charge in [-0.1, -0.05) is 190 Å². The van der Waals surface area contributed by atoms with Gasteiger partial charge in [0.05, 0.1) is 0 Å². The van der Waals surface area contributed by atoms with E-state index in [2.05, 4.69) is 196 Å². The molecule has 0 unspecified atom stereocenters. The molecule has 0 aliphatic heterocycles. The Morgan fingerprint density at radius 1 is 0.264 bits per heavy atom. The van der Waals surface area contributed by atoms with E-state index in [1.807, 2.05) is 0 Å². The molecule has 0 atom stereocenters. The third kappa shape index (κ3) is 4.24. The van der Waals surface area contributed by atoms with Crippen molar-refractivity contribution in [1.29, 1.82) is 0 Å². The topological polar surface area (TPSA) is 0 Å². The molecule has 0 nitrogen and oxygen atoms in total. The van der Waals surface area contributed by atoms with E-state index in [9.17, 15) is 0 Å². The molecule has 11 rings (SSSR count). The van der Waals surface area contributed by atoms with Crippen molar-refractivity contribution in [1.82, 2.24) is 0 Å². The van der Waals surface area contributed by atoms with Crippen LogP contribution in [0.5, 0.6) is 0 Å². The van der Waals surface area contributed by atoms with Gasteiger partial charge in [-0.2, -0.15) is 0 Å². The summed E-state index contributed by atoms with van der Waals surface area (Å²) in [4.78, 5) is 0. The lowest BCUT2D eigenvalue weighted by Crippen LogP contribution is -2.16. The Bertz CT molecular complexity index is 3050. The smallest absolute Gasteiger partial charge is 0.0171 e. The van der Waals surface area contributed by atoms with Gasteiger partial charge in [-0.3, -0.25) is 0 Å². The first-order chi connectivity index (χ1) is 26.1. The normalized spacial score (nSPS) is 13.2. The summed E-state index contributed by atoms with van der Waals surface area (Å²) >= 11 is 0. The van der Waals surface area contributed by atoms with Crippen LogP contribution in [0.15, 0.2) is 182 Å². The Morgan fingerprint density at radius 2 is 0.642 bits per heavy atom. The molecule has 248 valence electrons. The molecule has 1 aliphatic carbocycles. The SMILES string of the molecule is CC1(C)c2c(cc(-c3c4ccccc4c(-c4ccc(-c5ccccc5)cc4)c4ccccc34)c3ccccc23)-c2c1c1ccccc1c1ccccc21. The van der Waals surface area contributed by atoms with E-state index in [-0.39, 0.29) is 5.41 Å². The van der Waals surface area contributed by atoms with E-state index in [1.54, 1.807) is 0 Å². The second-order valence-electron chi connectivity index (χ2n) is 15.1. The van der Waals surface area contributed by atoms with E-state index >= 15 is 0 Å². The number of hydrogen-bond acceptors (Lipinski definition) is 0. The number of hydrogen-bond donors (Lipinski definition) is 0. The zero-order valence-electron chi connectivity index (χ0n) is 29.8. The van der Waals surface area contributed by atoms with Gasteiger partial charge >= 0.3 is 0 Å². The molecule has 0 saturated carbocycles. The quantitative estimate of drug-likeness (QED) is 0.129. The van der Waals surface area contributed by atoms with E-state index in [0.29, 0.717) is 0 Å². The summed E-state index contributed by atoms with van der Waals surface area (Å²) in [5.74, 6) is 0. The Kier molecular flexibility index (Phi) is 6.40. The minimum Gasteiger partial charge on any atom is -0.0622 e. The van der Waals surface area contributed by atoms with Crippen LogP contribution in [-0.4, -0.2) is 0 Å². The van der Waals surface area contributed by atoms with E-state index in [4.69, 9.17) is 0 Å². The van der Waals surface area contributed by atoms with Crippen molar-refractivity contribution in [2.45, 2.75) is 19.3 Å². The summed E-state index contributed by atoms with van der Waals surface area (Å²) in [6.45, 7) is 4.88. The summed E-state index contributed by atoms with van der Waals surface area (Å²) in [5, 5.41) is 13.1. The van der Waals surface area contributed by atoms with Crippen LogP contribution < -0.4 is 0 Å². The van der Waals surface area contributed by atoms with Crippen LogP contribution in [0.3, 0.4) is 0 Å². The molecule has 0 bridgehead atoms. The molecule has 0 radical (unpaired) electrons. The maximum atomic E-state index is 2.55. The summed E-state index contributed by atoms with van der Waals surface area (Å²) in [6, 6.07) is 67.6. The first kappa shape index (κ1) is 30.2. The van der Waals surface area contributed by atoms with Gasteiger partial charge in [-0.05, 0) is 116 Å². The molecule has 10 aromatic rings. The van der Waals surface area contributed by atoms with Crippen molar-refractivity contribution in [3.05, 3.63) is 193 Å². The van der Waals surface area contributed by atoms with Crippen LogP contribution in [-0.2, 0) is 5.41 Å². The third-order valence-corrected chi connectivity index (χ3v) is 12.0. The van der Waals surface area contributed by atoms with Gasteiger partial charge in [0.25, 0.3) is 0 Å². The fraction of sp³-hybridized carbons (Fsp3) is 0.0566. The van der Waals surface area contributed by atoms with Crippen molar-refractivity contribution >= 4 is 53.9 Å². The van der Waals surface area contributed by atoms with Crippen molar-refractivity contribution in [2.75, 3.05) is 0 Å². The Balaban J connectivity index is 1.25. The molecular formula is C53H36. The molecule has 0 saturated heterocycles. The van der Waals surface area contributed by atoms with Gasteiger partial charge in [0.2, 0.25) is 0 Å². The zero-order chi connectivity index (χ0) is 35.3. The maximum absolute atomic E-state index is 2.55. The standard InChI is InChI=1S/C53H36/c1-53(2)51-44-26-14-8-20-38(44)46(32-47(51)50-39-21-9-6-18-36(39)37-19-7-15-27-45(37)52(50)53)49-42-24-12-10-22-40(42)48(41-23-11-13-25-43(41)49)35-30-28-34(29-31-35)33-16-4-3-5-17-33/h3-32H,1-2H3. The molecule has 10 aromatic carbocycles. The molecule has 53 heavy (non-hydrogen) atoms.